The number of aliphatic hydroxyl groups excluding tert-OH is 1. The van der Waals surface area contributed by atoms with Gasteiger partial charge in [0.15, 0.2) is 5.65 Å². The third kappa shape index (κ3) is 3.37. The molecule has 166 valence electrons. The molecule has 0 saturated carbocycles. The molecule has 4 aromatic rings. The van der Waals surface area contributed by atoms with Crippen molar-refractivity contribution in [2.24, 2.45) is 7.05 Å². The van der Waals surface area contributed by atoms with Gasteiger partial charge in [-0.25, -0.2) is 14.4 Å². The fourth-order valence-electron chi connectivity index (χ4n) is 4.12. The van der Waals surface area contributed by atoms with Gasteiger partial charge in [-0.1, -0.05) is 0 Å². The van der Waals surface area contributed by atoms with E-state index in [0.717, 1.165) is 28.3 Å². The van der Waals surface area contributed by atoms with Gasteiger partial charge in [-0.2, -0.15) is 5.10 Å². The molecule has 0 bridgehead atoms. The minimum Gasteiger partial charge on any atom is -0.493 e. The number of halogens is 1. The van der Waals surface area contributed by atoms with Crippen molar-refractivity contribution in [3.63, 3.8) is 0 Å². The van der Waals surface area contributed by atoms with Gasteiger partial charge in [0.1, 0.15) is 23.5 Å². The Balaban J connectivity index is 1.57. The summed E-state index contributed by atoms with van der Waals surface area (Å²) in [4.78, 5) is 9.22. The largest absolute Gasteiger partial charge is 0.493 e. The van der Waals surface area contributed by atoms with Gasteiger partial charge >= 0.3 is 0 Å². The van der Waals surface area contributed by atoms with Gasteiger partial charge in [0.2, 0.25) is 5.95 Å². The van der Waals surface area contributed by atoms with Crippen LogP contribution < -0.4 is 15.4 Å². The highest BCUT2D eigenvalue weighted by Gasteiger charge is 2.21. The SMILES string of the molecule is CNC(O)c1cn2c(NCc3c(F)ccc4c3CCO4)ncc(-c3cc(C)nn3C)c2n1. The highest BCUT2D eigenvalue weighted by Crippen LogP contribution is 2.31. The summed E-state index contributed by atoms with van der Waals surface area (Å²) in [7, 11) is 3.51. The molecule has 1 aliphatic heterocycles. The van der Waals surface area contributed by atoms with E-state index in [-0.39, 0.29) is 12.4 Å². The van der Waals surface area contributed by atoms with Crippen molar-refractivity contribution in [1.29, 1.82) is 0 Å². The minimum absolute atomic E-state index is 0.243. The fourth-order valence-corrected chi connectivity index (χ4v) is 4.12. The second-order valence-corrected chi connectivity index (χ2v) is 7.80. The molecule has 1 aromatic carbocycles. The Labute approximate surface area is 183 Å². The number of nitrogens with one attached hydrogen (secondary N) is 2. The molecule has 32 heavy (non-hydrogen) atoms. The van der Waals surface area contributed by atoms with E-state index >= 15 is 0 Å². The monoisotopic (exact) mass is 437 g/mol. The van der Waals surface area contributed by atoms with Crippen LogP contribution in [0.5, 0.6) is 5.75 Å². The first-order chi connectivity index (χ1) is 15.5. The van der Waals surface area contributed by atoms with E-state index in [9.17, 15) is 9.50 Å². The number of fused-ring (bicyclic) bond motifs is 2. The van der Waals surface area contributed by atoms with Crippen molar-refractivity contribution in [2.45, 2.75) is 26.1 Å². The number of nitrogens with zero attached hydrogens (tertiary/aromatic N) is 5. The predicted octanol–water partition coefficient (Wildman–Crippen LogP) is 2.33. The number of aryl methyl sites for hydroxylation is 2. The summed E-state index contributed by atoms with van der Waals surface area (Å²) >= 11 is 0. The molecule has 5 rings (SSSR count). The number of imidazole rings is 1. The van der Waals surface area contributed by atoms with Gasteiger partial charge in [-0.15, -0.1) is 0 Å². The normalized spacial score (nSPS) is 13.9. The summed E-state index contributed by atoms with van der Waals surface area (Å²) in [6.45, 7) is 2.72. The van der Waals surface area contributed by atoms with Crippen LogP contribution in [0.2, 0.25) is 0 Å². The van der Waals surface area contributed by atoms with E-state index in [1.54, 1.807) is 34.6 Å². The van der Waals surface area contributed by atoms with E-state index in [2.05, 4.69) is 25.7 Å². The van der Waals surface area contributed by atoms with Crippen LogP contribution in [0.15, 0.2) is 30.6 Å². The number of hydrogen-bond donors (Lipinski definition) is 3. The highest BCUT2D eigenvalue weighted by molar-refractivity contribution is 5.76. The van der Waals surface area contributed by atoms with Gasteiger partial charge < -0.3 is 15.2 Å². The second-order valence-electron chi connectivity index (χ2n) is 7.80. The van der Waals surface area contributed by atoms with Crippen molar-refractivity contribution in [1.82, 2.24) is 29.5 Å². The van der Waals surface area contributed by atoms with Crippen LogP contribution in [0.3, 0.4) is 0 Å². The molecule has 0 aliphatic carbocycles. The fraction of sp³-hybridized carbons (Fsp3) is 0.318. The number of ether oxygens (including phenoxy) is 1. The first-order valence-electron chi connectivity index (χ1n) is 10.4. The molecule has 0 radical (unpaired) electrons. The molecule has 3 aromatic heterocycles. The van der Waals surface area contributed by atoms with E-state index in [1.165, 1.54) is 6.07 Å². The molecule has 1 aliphatic rings. The molecule has 3 N–H and O–H groups in total. The number of benzene rings is 1. The molecule has 1 unspecified atom stereocenters. The Hall–Kier alpha value is -3.50. The van der Waals surface area contributed by atoms with E-state index in [1.807, 2.05) is 20.0 Å². The zero-order valence-corrected chi connectivity index (χ0v) is 18.1. The Kier molecular flexibility index (Phi) is 5.03. The molecular formula is C22H24FN7O2. The van der Waals surface area contributed by atoms with Crippen LogP contribution in [-0.4, -0.2) is 42.9 Å². The quantitative estimate of drug-likeness (QED) is 0.398. The second kappa shape index (κ2) is 7.88. The first kappa shape index (κ1) is 20.4. The maximum absolute atomic E-state index is 14.6. The predicted molar refractivity (Wildman–Crippen MR) is 117 cm³/mol. The van der Waals surface area contributed by atoms with Gasteiger partial charge in [-0.3, -0.25) is 14.4 Å². The molecule has 0 spiro atoms. The molecule has 0 fully saturated rings. The third-order valence-electron chi connectivity index (χ3n) is 5.71. The van der Waals surface area contributed by atoms with Crippen LogP contribution in [0.4, 0.5) is 10.3 Å². The number of aliphatic hydroxyl groups is 1. The number of hydrogen-bond acceptors (Lipinski definition) is 7. The summed E-state index contributed by atoms with van der Waals surface area (Å²) in [5.74, 6) is 0.933. The highest BCUT2D eigenvalue weighted by atomic mass is 19.1. The molecule has 4 heterocycles. The van der Waals surface area contributed by atoms with E-state index in [4.69, 9.17) is 4.74 Å². The van der Waals surface area contributed by atoms with Gasteiger partial charge in [0.05, 0.1) is 23.6 Å². The molecule has 0 amide bonds. The lowest BCUT2D eigenvalue weighted by atomic mass is 10.0. The van der Waals surface area contributed by atoms with Crippen molar-refractivity contribution in [2.75, 3.05) is 19.0 Å². The van der Waals surface area contributed by atoms with Crippen molar-refractivity contribution in [3.05, 3.63) is 58.9 Å². The summed E-state index contributed by atoms with van der Waals surface area (Å²) in [5, 5.41) is 20.7. The summed E-state index contributed by atoms with van der Waals surface area (Å²) in [5.41, 5.74) is 5.01. The smallest absolute Gasteiger partial charge is 0.208 e. The van der Waals surface area contributed by atoms with Crippen molar-refractivity contribution in [3.8, 4) is 17.0 Å². The zero-order valence-electron chi connectivity index (χ0n) is 18.1. The summed E-state index contributed by atoms with van der Waals surface area (Å²) in [6.07, 6.45) is 3.17. The average molecular weight is 437 g/mol. The molecular weight excluding hydrogens is 413 g/mol. The summed E-state index contributed by atoms with van der Waals surface area (Å²) in [6, 6.07) is 5.05. The van der Waals surface area contributed by atoms with E-state index in [0.29, 0.717) is 35.9 Å². The average Bonchev–Trinajstić information content (AvgIpc) is 3.50. The Morgan fingerprint density at radius 2 is 2.19 bits per heavy atom. The Morgan fingerprint density at radius 3 is 2.94 bits per heavy atom. The number of anilines is 1. The van der Waals surface area contributed by atoms with Crippen molar-refractivity contribution < 1.29 is 14.2 Å². The van der Waals surface area contributed by atoms with Gasteiger partial charge in [-0.05, 0) is 32.2 Å². The maximum Gasteiger partial charge on any atom is 0.208 e. The Bertz CT molecular complexity index is 1310. The van der Waals surface area contributed by atoms with Crippen molar-refractivity contribution >= 4 is 11.6 Å². The number of aromatic nitrogens is 5. The molecule has 1 atom stereocenters. The maximum atomic E-state index is 14.6. The first-order valence-corrected chi connectivity index (χ1v) is 10.4. The Morgan fingerprint density at radius 1 is 1.34 bits per heavy atom. The lowest BCUT2D eigenvalue weighted by Crippen LogP contribution is -2.15. The lowest BCUT2D eigenvalue weighted by molar-refractivity contribution is 0.145. The standard InChI is InChI=1S/C22H24FN7O2/c1-12-8-18(29(3)28-12)15-10-26-22(30-11-17(21(31)24-2)27-20(15)30)25-9-14-13-6-7-32-19(13)5-4-16(14)23/h4-5,8,10-11,21,24,31H,6-7,9H2,1-3H3,(H,25,26). The minimum atomic E-state index is -0.934. The van der Waals surface area contributed by atoms with Crippen LogP contribution >= 0.6 is 0 Å². The zero-order chi connectivity index (χ0) is 22.4. The van der Waals surface area contributed by atoms with Crippen LogP contribution in [-0.2, 0) is 20.0 Å². The number of rotatable bonds is 6. The van der Waals surface area contributed by atoms with Gasteiger partial charge in [0.25, 0.3) is 0 Å². The molecule has 10 heteroatoms. The van der Waals surface area contributed by atoms with Gasteiger partial charge in [0, 0.05) is 43.5 Å². The topological polar surface area (TPSA) is 102 Å². The molecule has 0 saturated heterocycles. The third-order valence-corrected chi connectivity index (χ3v) is 5.71. The lowest BCUT2D eigenvalue weighted by Gasteiger charge is -2.13. The van der Waals surface area contributed by atoms with Crippen LogP contribution in [0, 0.1) is 12.7 Å². The molecule has 9 nitrogen and oxygen atoms in total. The van der Waals surface area contributed by atoms with Crippen LogP contribution in [0.25, 0.3) is 16.9 Å². The van der Waals surface area contributed by atoms with Crippen LogP contribution in [0.1, 0.15) is 28.7 Å². The van der Waals surface area contributed by atoms with E-state index < -0.39 is 6.23 Å². The summed E-state index contributed by atoms with van der Waals surface area (Å²) < 4.78 is 23.7.